The Morgan fingerprint density at radius 1 is 1.43 bits per heavy atom. The highest BCUT2D eigenvalue weighted by atomic mass is 79.9. The van der Waals surface area contributed by atoms with E-state index in [-0.39, 0.29) is 11.8 Å². The van der Waals surface area contributed by atoms with Crippen LogP contribution in [0.3, 0.4) is 0 Å². The van der Waals surface area contributed by atoms with Gasteiger partial charge >= 0.3 is 0 Å². The monoisotopic (exact) mass is 386 g/mol. The summed E-state index contributed by atoms with van der Waals surface area (Å²) in [7, 11) is 0. The van der Waals surface area contributed by atoms with Crippen LogP contribution in [0.15, 0.2) is 28.7 Å². The number of thioether (sulfide) groups is 1. The molecule has 0 unspecified atom stereocenters. The number of anilines is 1. The minimum atomic E-state index is -0.0159. The average molecular weight is 387 g/mol. The van der Waals surface area contributed by atoms with Crippen LogP contribution in [0.5, 0.6) is 0 Å². The third-order valence-corrected chi connectivity index (χ3v) is 4.91. The highest BCUT2D eigenvalue weighted by Gasteiger charge is 2.25. The topological polar surface area (TPSA) is 49.4 Å². The second-order valence-electron chi connectivity index (χ2n) is 4.62. The molecule has 0 aromatic heterocycles. The zero-order valence-electron chi connectivity index (χ0n) is 11.3. The molecule has 112 valence electrons. The summed E-state index contributed by atoms with van der Waals surface area (Å²) < 4.78 is 1.58. The van der Waals surface area contributed by atoms with Gasteiger partial charge in [-0.1, -0.05) is 46.0 Å². The quantitative estimate of drug-likeness (QED) is 0.600. The molecule has 4 nitrogen and oxygen atoms in total. The van der Waals surface area contributed by atoms with E-state index in [1.165, 1.54) is 11.8 Å². The first-order chi connectivity index (χ1) is 10.1. The summed E-state index contributed by atoms with van der Waals surface area (Å²) >= 11 is 9.87. The summed E-state index contributed by atoms with van der Waals surface area (Å²) in [5.41, 5.74) is 0.779. The van der Waals surface area contributed by atoms with Crippen molar-refractivity contribution in [2.24, 2.45) is 0 Å². The molecule has 21 heavy (non-hydrogen) atoms. The third-order valence-electron chi connectivity index (χ3n) is 2.98. The van der Waals surface area contributed by atoms with Gasteiger partial charge in [-0.15, -0.1) is 0 Å². The van der Waals surface area contributed by atoms with E-state index in [4.69, 9.17) is 12.2 Å². The molecule has 1 aliphatic rings. The number of halogens is 1. The maximum Gasteiger partial charge on any atom is 0.238 e. The maximum absolute atomic E-state index is 11.8. The Bertz CT molecular complexity index is 550. The summed E-state index contributed by atoms with van der Waals surface area (Å²) in [6.45, 7) is 0.606. The molecular formula is C14H15BrN2O2S2. The second kappa shape index (κ2) is 7.91. The van der Waals surface area contributed by atoms with Gasteiger partial charge in [-0.05, 0) is 31.0 Å². The predicted octanol–water partition coefficient (Wildman–Crippen LogP) is 3.42. The Kier molecular flexibility index (Phi) is 6.20. The highest BCUT2D eigenvalue weighted by molar-refractivity contribution is 9.10. The number of amides is 2. The van der Waals surface area contributed by atoms with Crippen molar-refractivity contribution in [1.82, 2.24) is 4.90 Å². The number of hydrogen-bond acceptors (Lipinski definition) is 4. The van der Waals surface area contributed by atoms with Crippen molar-refractivity contribution in [1.29, 1.82) is 0 Å². The van der Waals surface area contributed by atoms with Crippen molar-refractivity contribution in [3.05, 3.63) is 28.7 Å². The summed E-state index contributed by atoms with van der Waals surface area (Å²) in [5.74, 6) is 0.503. The van der Waals surface area contributed by atoms with Crippen molar-refractivity contribution in [2.45, 2.75) is 19.3 Å². The van der Waals surface area contributed by atoms with E-state index in [1.54, 1.807) is 4.90 Å². The van der Waals surface area contributed by atoms with Gasteiger partial charge < -0.3 is 5.32 Å². The molecule has 1 N–H and O–H groups in total. The van der Waals surface area contributed by atoms with Crippen LogP contribution in [0, 0.1) is 0 Å². The van der Waals surface area contributed by atoms with Crippen LogP contribution in [0.2, 0.25) is 0 Å². The lowest BCUT2D eigenvalue weighted by Crippen LogP contribution is -2.29. The molecule has 0 bridgehead atoms. The van der Waals surface area contributed by atoms with E-state index in [9.17, 15) is 9.59 Å². The van der Waals surface area contributed by atoms with Crippen LogP contribution in [-0.4, -0.2) is 33.3 Å². The fourth-order valence-corrected chi connectivity index (χ4v) is 3.46. The fourth-order valence-electron chi connectivity index (χ4n) is 1.94. The van der Waals surface area contributed by atoms with Crippen molar-refractivity contribution < 1.29 is 9.59 Å². The molecule has 0 aliphatic carbocycles. The molecule has 2 amide bonds. The van der Waals surface area contributed by atoms with E-state index in [0.717, 1.165) is 23.0 Å². The van der Waals surface area contributed by atoms with Gasteiger partial charge in [0.2, 0.25) is 11.8 Å². The SMILES string of the molecule is O=C(CCCCN1C(=O)CSC1=S)Nc1cccc(Br)c1. The van der Waals surface area contributed by atoms with E-state index >= 15 is 0 Å². The Morgan fingerprint density at radius 3 is 2.90 bits per heavy atom. The molecule has 7 heteroatoms. The molecule has 0 spiro atoms. The summed E-state index contributed by atoms with van der Waals surface area (Å²) in [4.78, 5) is 25.0. The molecule has 0 saturated carbocycles. The average Bonchev–Trinajstić information content (AvgIpc) is 2.75. The lowest BCUT2D eigenvalue weighted by Gasteiger charge is -2.14. The first-order valence-electron chi connectivity index (χ1n) is 6.59. The Hall–Kier alpha value is -0.920. The minimum Gasteiger partial charge on any atom is -0.326 e. The van der Waals surface area contributed by atoms with Gasteiger partial charge in [0.25, 0.3) is 0 Å². The Balaban J connectivity index is 1.68. The van der Waals surface area contributed by atoms with Crippen LogP contribution in [-0.2, 0) is 9.59 Å². The molecule has 0 atom stereocenters. The molecule has 0 radical (unpaired) electrons. The number of carbonyl (C=O) groups is 2. The van der Waals surface area contributed by atoms with Crippen LogP contribution in [0.4, 0.5) is 5.69 Å². The molecule has 1 aromatic carbocycles. The molecule has 1 fully saturated rings. The first-order valence-corrected chi connectivity index (χ1v) is 8.77. The fraction of sp³-hybridized carbons (Fsp3) is 0.357. The highest BCUT2D eigenvalue weighted by Crippen LogP contribution is 2.20. The third kappa shape index (κ3) is 5.09. The van der Waals surface area contributed by atoms with Gasteiger partial charge in [-0.2, -0.15) is 0 Å². The minimum absolute atomic E-state index is 0.0159. The molecule has 1 aromatic rings. The standard InChI is InChI=1S/C14H15BrN2O2S2/c15-10-4-3-5-11(8-10)16-12(18)6-1-2-7-17-13(19)9-21-14(17)20/h3-5,8H,1-2,6-7,9H2,(H,16,18). The van der Waals surface area contributed by atoms with Crippen molar-refractivity contribution >= 4 is 61.7 Å². The van der Waals surface area contributed by atoms with E-state index in [2.05, 4.69) is 21.2 Å². The van der Waals surface area contributed by atoms with E-state index in [0.29, 0.717) is 23.0 Å². The first kappa shape index (κ1) is 16.5. The second-order valence-corrected chi connectivity index (χ2v) is 7.14. The van der Waals surface area contributed by atoms with Crippen LogP contribution in [0.1, 0.15) is 19.3 Å². The number of nitrogens with one attached hydrogen (secondary N) is 1. The van der Waals surface area contributed by atoms with Gasteiger partial charge in [0, 0.05) is 23.1 Å². The Morgan fingerprint density at radius 2 is 2.24 bits per heavy atom. The Labute approximate surface area is 141 Å². The lowest BCUT2D eigenvalue weighted by atomic mass is 10.2. The number of benzene rings is 1. The smallest absolute Gasteiger partial charge is 0.238 e. The van der Waals surface area contributed by atoms with Gasteiger partial charge in [0.1, 0.15) is 4.32 Å². The zero-order chi connectivity index (χ0) is 15.2. The van der Waals surface area contributed by atoms with Crippen LogP contribution < -0.4 is 5.32 Å². The summed E-state index contributed by atoms with van der Waals surface area (Å²) in [5, 5.41) is 2.85. The number of carbonyl (C=O) groups excluding carboxylic acids is 2. The molecule has 2 rings (SSSR count). The number of nitrogens with zero attached hydrogens (tertiary/aromatic N) is 1. The number of hydrogen-bond donors (Lipinski definition) is 1. The number of thiocarbonyl (C=S) groups is 1. The van der Waals surface area contributed by atoms with E-state index in [1.807, 2.05) is 24.3 Å². The maximum atomic E-state index is 11.8. The number of rotatable bonds is 6. The largest absolute Gasteiger partial charge is 0.326 e. The van der Waals surface area contributed by atoms with Crippen LogP contribution >= 0.6 is 39.9 Å². The molecule has 1 aliphatic heterocycles. The normalized spacial score (nSPS) is 14.6. The van der Waals surface area contributed by atoms with Gasteiger partial charge in [-0.3, -0.25) is 14.5 Å². The summed E-state index contributed by atoms with van der Waals surface area (Å²) in [6, 6.07) is 7.48. The van der Waals surface area contributed by atoms with Gasteiger partial charge in [0.05, 0.1) is 5.75 Å². The zero-order valence-corrected chi connectivity index (χ0v) is 14.5. The van der Waals surface area contributed by atoms with Gasteiger partial charge in [-0.25, -0.2) is 0 Å². The van der Waals surface area contributed by atoms with Crippen molar-refractivity contribution in [3.63, 3.8) is 0 Å². The predicted molar refractivity (Wildman–Crippen MR) is 93.4 cm³/mol. The van der Waals surface area contributed by atoms with Crippen molar-refractivity contribution in [3.8, 4) is 0 Å². The molecular weight excluding hydrogens is 372 g/mol. The molecule has 1 saturated heterocycles. The summed E-state index contributed by atoms with van der Waals surface area (Å²) in [6.07, 6.45) is 1.95. The van der Waals surface area contributed by atoms with Crippen molar-refractivity contribution in [2.75, 3.05) is 17.6 Å². The lowest BCUT2D eigenvalue weighted by molar-refractivity contribution is -0.124. The van der Waals surface area contributed by atoms with Crippen LogP contribution in [0.25, 0.3) is 0 Å². The molecule has 1 heterocycles. The van der Waals surface area contributed by atoms with E-state index < -0.39 is 0 Å². The van der Waals surface area contributed by atoms with Gasteiger partial charge in [0.15, 0.2) is 0 Å². The number of unbranched alkanes of at least 4 members (excludes halogenated alkanes) is 1.